The quantitative estimate of drug-likeness (QED) is 0.838. The van der Waals surface area contributed by atoms with E-state index in [4.69, 9.17) is 0 Å². The van der Waals surface area contributed by atoms with Crippen LogP contribution in [0.4, 0.5) is 0 Å². The smallest absolute Gasteiger partial charge is 0.0535 e. The summed E-state index contributed by atoms with van der Waals surface area (Å²) in [5.74, 6) is 0. The minimum absolute atomic E-state index is 0.0627. The highest BCUT2D eigenvalue weighted by Gasteiger charge is 2.30. The van der Waals surface area contributed by atoms with Crippen molar-refractivity contribution in [1.29, 1.82) is 0 Å². The molecule has 1 saturated heterocycles. The monoisotopic (exact) mass is 258 g/mol. The minimum atomic E-state index is 0.0627. The minimum Gasteiger partial charge on any atom is -0.307 e. The Labute approximate surface area is 117 Å². The van der Waals surface area contributed by atoms with Gasteiger partial charge >= 0.3 is 0 Å². The van der Waals surface area contributed by atoms with Crippen molar-refractivity contribution in [3.63, 3.8) is 0 Å². The first-order valence-corrected chi connectivity index (χ1v) is 7.26. The molecule has 1 heterocycles. The molecule has 1 atom stereocenters. The lowest BCUT2D eigenvalue weighted by Crippen LogP contribution is -2.46. The van der Waals surface area contributed by atoms with Crippen LogP contribution < -0.4 is 5.32 Å². The zero-order chi connectivity index (χ0) is 13.7. The molecule has 0 radical (unpaired) electrons. The molecule has 2 heteroatoms. The van der Waals surface area contributed by atoms with E-state index in [-0.39, 0.29) is 5.54 Å². The zero-order valence-electron chi connectivity index (χ0n) is 12.4. The predicted molar refractivity (Wildman–Crippen MR) is 82.3 cm³/mol. The summed E-state index contributed by atoms with van der Waals surface area (Å²) in [6.45, 7) is 11.1. The van der Waals surface area contributed by atoms with Crippen LogP contribution in [0.25, 0.3) is 0 Å². The molecule has 0 aliphatic carbocycles. The number of rotatable bonds is 3. The fraction of sp³-hybridized carbons (Fsp3) is 0.529. The van der Waals surface area contributed by atoms with Gasteiger partial charge in [0, 0.05) is 13.1 Å². The van der Waals surface area contributed by atoms with Gasteiger partial charge in [0.2, 0.25) is 0 Å². The van der Waals surface area contributed by atoms with Gasteiger partial charge < -0.3 is 5.32 Å². The maximum absolute atomic E-state index is 3.73. The Bertz CT molecular complexity index is 420. The Balaban J connectivity index is 2.13. The van der Waals surface area contributed by atoms with Crippen molar-refractivity contribution < 1.29 is 0 Å². The SMILES string of the molecule is CC(C)=CCN1CCCNC(C)(c2ccccc2)C1. The Morgan fingerprint density at radius 3 is 2.74 bits per heavy atom. The van der Waals surface area contributed by atoms with Gasteiger partial charge in [0.25, 0.3) is 0 Å². The van der Waals surface area contributed by atoms with Crippen molar-refractivity contribution in [2.45, 2.75) is 32.7 Å². The van der Waals surface area contributed by atoms with E-state index in [1.54, 1.807) is 0 Å². The summed E-state index contributed by atoms with van der Waals surface area (Å²) < 4.78 is 0. The molecule has 0 aromatic heterocycles. The number of hydrogen-bond donors (Lipinski definition) is 1. The summed E-state index contributed by atoms with van der Waals surface area (Å²) in [5.41, 5.74) is 2.85. The van der Waals surface area contributed by atoms with Gasteiger partial charge in [0.15, 0.2) is 0 Å². The lowest BCUT2D eigenvalue weighted by Gasteiger charge is -2.34. The molecule has 0 bridgehead atoms. The number of allylic oxidation sites excluding steroid dienone is 1. The van der Waals surface area contributed by atoms with Crippen molar-refractivity contribution in [3.8, 4) is 0 Å². The van der Waals surface area contributed by atoms with Gasteiger partial charge in [-0.1, -0.05) is 42.0 Å². The summed E-state index contributed by atoms with van der Waals surface area (Å²) >= 11 is 0. The van der Waals surface area contributed by atoms with E-state index in [2.05, 4.69) is 67.4 Å². The van der Waals surface area contributed by atoms with Gasteiger partial charge in [-0.3, -0.25) is 4.90 Å². The first-order chi connectivity index (χ1) is 9.10. The molecule has 1 aliphatic heterocycles. The van der Waals surface area contributed by atoms with Gasteiger partial charge in [-0.25, -0.2) is 0 Å². The molecule has 0 saturated carbocycles. The Hall–Kier alpha value is -1.12. The summed E-state index contributed by atoms with van der Waals surface area (Å²) in [6.07, 6.45) is 3.55. The standard InChI is InChI=1S/C17H26N2/c1-15(2)10-13-19-12-7-11-18-17(3,14-19)16-8-5-4-6-9-16/h4-6,8-10,18H,7,11-14H2,1-3H3. The van der Waals surface area contributed by atoms with Crippen LogP contribution in [0.5, 0.6) is 0 Å². The van der Waals surface area contributed by atoms with E-state index in [0.717, 1.165) is 19.6 Å². The van der Waals surface area contributed by atoms with Crippen LogP contribution in [0.15, 0.2) is 42.0 Å². The predicted octanol–water partition coefficient (Wildman–Crippen LogP) is 3.16. The van der Waals surface area contributed by atoms with Gasteiger partial charge in [0.05, 0.1) is 5.54 Å². The largest absolute Gasteiger partial charge is 0.307 e. The maximum Gasteiger partial charge on any atom is 0.0535 e. The van der Waals surface area contributed by atoms with Crippen molar-refractivity contribution in [1.82, 2.24) is 10.2 Å². The summed E-state index contributed by atoms with van der Waals surface area (Å²) in [6, 6.07) is 10.8. The molecule has 2 rings (SSSR count). The molecule has 1 fully saturated rings. The molecule has 19 heavy (non-hydrogen) atoms. The van der Waals surface area contributed by atoms with E-state index in [9.17, 15) is 0 Å². The molecule has 2 nitrogen and oxygen atoms in total. The first-order valence-electron chi connectivity index (χ1n) is 7.26. The molecular formula is C17H26N2. The molecule has 1 unspecified atom stereocenters. The Kier molecular flexibility index (Phi) is 4.78. The highest BCUT2D eigenvalue weighted by atomic mass is 15.2. The van der Waals surface area contributed by atoms with E-state index >= 15 is 0 Å². The molecule has 1 aromatic rings. The lowest BCUT2D eigenvalue weighted by atomic mass is 9.91. The van der Waals surface area contributed by atoms with Crippen molar-refractivity contribution in [2.24, 2.45) is 0 Å². The highest BCUT2D eigenvalue weighted by Crippen LogP contribution is 2.23. The molecule has 104 valence electrons. The van der Waals surface area contributed by atoms with E-state index in [1.807, 2.05) is 0 Å². The molecule has 0 amide bonds. The molecule has 1 N–H and O–H groups in total. The Morgan fingerprint density at radius 2 is 2.05 bits per heavy atom. The van der Waals surface area contributed by atoms with Crippen LogP contribution in [-0.2, 0) is 5.54 Å². The average Bonchev–Trinajstić information content (AvgIpc) is 2.60. The van der Waals surface area contributed by atoms with Crippen LogP contribution in [0.1, 0.15) is 32.8 Å². The summed E-state index contributed by atoms with van der Waals surface area (Å²) in [5, 5.41) is 3.73. The van der Waals surface area contributed by atoms with Crippen LogP contribution in [0, 0.1) is 0 Å². The van der Waals surface area contributed by atoms with Gasteiger partial charge in [-0.2, -0.15) is 0 Å². The average molecular weight is 258 g/mol. The highest BCUT2D eigenvalue weighted by molar-refractivity contribution is 5.24. The normalized spacial score (nSPS) is 24.8. The van der Waals surface area contributed by atoms with E-state index in [1.165, 1.54) is 24.1 Å². The van der Waals surface area contributed by atoms with Crippen molar-refractivity contribution in [2.75, 3.05) is 26.2 Å². The number of nitrogens with zero attached hydrogens (tertiary/aromatic N) is 1. The van der Waals surface area contributed by atoms with Crippen LogP contribution in [-0.4, -0.2) is 31.1 Å². The second-order valence-electron chi connectivity index (χ2n) is 6.00. The molecule has 0 spiro atoms. The first kappa shape index (κ1) is 14.3. The lowest BCUT2D eigenvalue weighted by molar-refractivity contribution is 0.239. The number of nitrogens with one attached hydrogen (secondary N) is 1. The van der Waals surface area contributed by atoms with Crippen molar-refractivity contribution in [3.05, 3.63) is 47.5 Å². The van der Waals surface area contributed by atoms with Crippen LogP contribution >= 0.6 is 0 Å². The third kappa shape index (κ3) is 3.92. The zero-order valence-corrected chi connectivity index (χ0v) is 12.4. The third-order valence-corrected chi connectivity index (χ3v) is 3.87. The molecule has 1 aromatic carbocycles. The second kappa shape index (κ2) is 6.36. The van der Waals surface area contributed by atoms with Gasteiger partial charge in [-0.05, 0) is 45.8 Å². The fourth-order valence-corrected chi connectivity index (χ4v) is 2.72. The van der Waals surface area contributed by atoms with E-state index in [0.29, 0.717) is 0 Å². The van der Waals surface area contributed by atoms with Crippen LogP contribution in [0.2, 0.25) is 0 Å². The summed E-state index contributed by atoms with van der Waals surface area (Å²) in [7, 11) is 0. The third-order valence-electron chi connectivity index (χ3n) is 3.87. The Morgan fingerprint density at radius 1 is 1.32 bits per heavy atom. The second-order valence-corrected chi connectivity index (χ2v) is 6.00. The van der Waals surface area contributed by atoms with Crippen molar-refractivity contribution >= 4 is 0 Å². The number of hydrogen-bond acceptors (Lipinski definition) is 2. The van der Waals surface area contributed by atoms with E-state index < -0.39 is 0 Å². The topological polar surface area (TPSA) is 15.3 Å². The van der Waals surface area contributed by atoms with Crippen LogP contribution in [0.3, 0.4) is 0 Å². The summed E-state index contributed by atoms with van der Waals surface area (Å²) in [4.78, 5) is 2.56. The maximum atomic E-state index is 3.73. The molecular weight excluding hydrogens is 232 g/mol. The number of benzene rings is 1. The van der Waals surface area contributed by atoms with Gasteiger partial charge in [0.1, 0.15) is 0 Å². The molecule has 1 aliphatic rings. The fourth-order valence-electron chi connectivity index (χ4n) is 2.72. The van der Waals surface area contributed by atoms with Gasteiger partial charge in [-0.15, -0.1) is 0 Å².